The van der Waals surface area contributed by atoms with Gasteiger partial charge in [0.15, 0.2) is 0 Å². The van der Waals surface area contributed by atoms with E-state index in [-0.39, 0.29) is 16.1 Å². The van der Waals surface area contributed by atoms with Gasteiger partial charge in [0.05, 0.1) is 0 Å². The lowest BCUT2D eigenvalue weighted by Gasteiger charge is -2.22. The smallest absolute Gasteiger partial charge is 0.270 e. The number of nitrogens with zero attached hydrogens (tertiary/aromatic N) is 1. The second-order valence-corrected chi connectivity index (χ2v) is 6.45. The lowest BCUT2D eigenvalue weighted by atomic mass is 9.87. The summed E-state index contributed by atoms with van der Waals surface area (Å²) in [4.78, 5) is 15.7. The predicted octanol–water partition coefficient (Wildman–Crippen LogP) is 3.47. The molecule has 0 aliphatic carbocycles. The molecule has 0 aliphatic heterocycles. The third kappa shape index (κ3) is 3.95. The van der Waals surface area contributed by atoms with E-state index in [0.717, 1.165) is 0 Å². The highest BCUT2D eigenvalue weighted by atomic mass is 32.1. The van der Waals surface area contributed by atoms with Gasteiger partial charge in [-0.25, -0.2) is 0 Å². The average molecular weight is 316 g/mol. The third-order valence-corrected chi connectivity index (χ3v) is 3.65. The Bertz CT molecular complexity index is 732. The molecular formula is C17H20N2O2S. The van der Waals surface area contributed by atoms with Crippen molar-refractivity contribution in [3.8, 4) is 5.75 Å². The first-order chi connectivity index (χ1) is 10.3. The second kappa shape index (κ2) is 6.32. The SMILES string of the molecule is CN(C(=S)Oc1cccc(C(C)(C)C)c1)c1cccc(=O)[nH]1. The fraction of sp³-hybridized carbons (Fsp3) is 0.294. The summed E-state index contributed by atoms with van der Waals surface area (Å²) < 4.78 is 5.74. The van der Waals surface area contributed by atoms with Crippen LogP contribution in [-0.2, 0) is 5.41 Å². The molecule has 1 N–H and O–H groups in total. The number of benzene rings is 1. The summed E-state index contributed by atoms with van der Waals surface area (Å²) in [6.07, 6.45) is 0. The van der Waals surface area contributed by atoms with Crippen molar-refractivity contribution in [3.05, 3.63) is 58.4 Å². The normalized spacial score (nSPS) is 11.1. The fourth-order valence-electron chi connectivity index (χ4n) is 1.93. The van der Waals surface area contributed by atoms with Gasteiger partial charge in [-0.2, -0.15) is 0 Å². The van der Waals surface area contributed by atoms with E-state index in [1.165, 1.54) is 11.6 Å². The predicted molar refractivity (Wildman–Crippen MR) is 93.8 cm³/mol. The standard InChI is InChI=1S/C17H20N2O2S/c1-17(2,3)12-7-5-8-13(11-12)21-16(22)19(4)14-9-6-10-15(20)18-14/h5-11H,1-4H3,(H,18,20). The van der Waals surface area contributed by atoms with E-state index in [4.69, 9.17) is 17.0 Å². The number of hydrogen-bond acceptors (Lipinski definition) is 3. The van der Waals surface area contributed by atoms with E-state index < -0.39 is 0 Å². The lowest BCUT2D eigenvalue weighted by Crippen LogP contribution is -2.31. The fourth-order valence-corrected chi connectivity index (χ4v) is 2.12. The molecule has 0 atom stereocenters. The summed E-state index contributed by atoms with van der Waals surface area (Å²) in [6, 6.07) is 12.7. The van der Waals surface area contributed by atoms with Crippen LogP contribution in [0.15, 0.2) is 47.3 Å². The molecule has 0 fully saturated rings. The molecule has 0 bridgehead atoms. The zero-order valence-electron chi connectivity index (χ0n) is 13.2. The number of aromatic nitrogens is 1. The van der Waals surface area contributed by atoms with Crippen LogP contribution in [-0.4, -0.2) is 17.2 Å². The zero-order valence-corrected chi connectivity index (χ0v) is 14.0. The Morgan fingerprint density at radius 3 is 2.50 bits per heavy atom. The second-order valence-electron chi connectivity index (χ2n) is 6.11. The first kappa shape index (κ1) is 16.2. The van der Waals surface area contributed by atoms with E-state index >= 15 is 0 Å². The molecule has 4 nitrogen and oxygen atoms in total. The maximum absolute atomic E-state index is 11.4. The first-order valence-corrected chi connectivity index (χ1v) is 7.43. The zero-order chi connectivity index (χ0) is 16.3. The average Bonchev–Trinajstić information content (AvgIpc) is 2.46. The summed E-state index contributed by atoms with van der Waals surface area (Å²) in [6.45, 7) is 6.43. The minimum absolute atomic E-state index is 0.0392. The van der Waals surface area contributed by atoms with Crippen LogP contribution in [0.2, 0.25) is 0 Å². The van der Waals surface area contributed by atoms with Crippen molar-refractivity contribution in [1.82, 2.24) is 4.98 Å². The van der Waals surface area contributed by atoms with Gasteiger partial charge in [-0.3, -0.25) is 9.69 Å². The van der Waals surface area contributed by atoms with Gasteiger partial charge in [0.25, 0.3) is 5.17 Å². The number of ether oxygens (including phenoxy) is 1. The molecule has 2 rings (SSSR count). The molecule has 22 heavy (non-hydrogen) atoms. The van der Waals surface area contributed by atoms with Gasteiger partial charge < -0.3 is 9.72 Å². The maximum Gasteiger partial charge on any atom is 0.270 e. The van der Waals surface area contributed by atoms with E-state index in [9.17, 15) is 4.79 Å². The van der Waals surface area contributed by atoms with Gasteiger partial charge in [-0.1, -0.05) is 39.0 Å². The van der Waals surface area contributed by atoms with Crippen molar-refractivity contribution in [2.75, 3.05) is 11.9 Å². The topological polar surface area (TPSA) is 45.3 Å². The highest BCUT2D eigenvalue weighted by Crippen LogP contribution is 2.26. The van der Waals surface area contributed by atoms with Crippen molar-refractivity contribution in [3.63, 3.8) is 0 Å². The van der Waals surface area contributed by atoms with Crippen molar-refractivity contribution >= 4 is 23.2 Å². The molecule has 0 amide bonds. The molecule has 0 aliphatic rings. The quantitative estimate of drug-likeness (QED) is 0.862. The number of aromatic amines is 1. The van der Waals surface area contributed by atoms with Crippen molar-refractivity contribution in [1.29, 1.82) is 0 Å². The molecule has 0 unspecified atom stereocenters. The molecule has 116 valence electrons. The molecule has 2 aromatic rings. The highest BCUT2D eigenvalue weighted by molar-refractivity contribution is 7.80. The number of rotatable bonds is 2. The van der Waals surface area contributed by atoms with Gasteiger partial charge in [0, 0.05) is 13.1 Å². The highest BCUT2D eigenvalue weighted by Gasteiger charge is 2.15. The Morgan fingerprint density at radius 1 is 1.18 bits per heavy atom. The summed E-state index contributed by atoms with van der Waals surface area (Å²) in [5.74, 6) is 1.27. The summed E-state index contributed by atoms with van der Waals surface area (Å²) >= 11 is 5.30. The van der Waals surface area contributed by atoms with Gasteiger partial charge >= 0.3 is 0 Å². The Kier molecular flexibility index (Phi) is 4.66. The summed E-state index contributed by atoms with van der Waals surface area (Å²) in [7, 11) is 1.75. The largest absolute Gasteiger partial charge is 0.432 e. The van der Waals surface area contributed by atoms with Crippen LogP contribution >= 0.6 is 12.2 Å². The minimum atomic E-state index is -0.179. The molecule has 0 saturated carbocycles. The Labute approximate surface area is 135 Å². The molecule has 1 heterocycles. The van der Waals surface area contributed by atoms with Crippen LogP contribution in [0.25, 0.3) is 0 Å². The van der Waals surface area contributed by atoms with Gasteiger partial charge in [-0.15, -0.1) is 0 Å². The van der Waals surface area contributed by atoms with Crippen molar-refractivity contribution in [2.24, 2.45) is 0 Å². The van der Waals surface area contributed by atoms with Crippen LogP contribution < -0.4 is 15.2 Å². The summed E-state index contributed by atoms with van der Waals surface area (Å²) in [5, 5.41) is 0.271. The number of H-pyrrole nitrogens is 1. The molecule has 5 heteroatoms. The number of pyridine rings is 1. The van der Waals surface area contributed by atoms with Crippen LogP contribution in [0.5, 0.6) is 5.75 Å². The maximum atomic E-state index is 11.4. The van der Waals surface area contributed by atoms with Crippen LogP contribution in [0.3, 0.4) is 0 Å². The number of hydrogen-bond donors (Lipinski definition) is 1. The summed E-state index contributed by atoms with van der Waals surface area (Å²) in [5.41, 5.74) is 1.03. The van der Waals surface area contributed by atoms with E-state index in [1.807, 2.05) is 18.2 Å². The number of thiocarbonyl (C=S) groups is 1. The van der Waals surface area contributed by atoms with E-state index in [0.29, 0.717) is 11.6 Å². The molecule has 0 radical (unpaired) electrons. The third-order valence-electron chi connectivity index (χ3n) is 3.29. The van der Waals surface area contributed by atoms with Crippen LogP contribution in [0, 0.1) is 0 Å². The molecule has 0 spiro atoms. The number of anilines is 1. The molecule has 0 saturated heterocycles. The van der Waals surface area contributed by atoms with Crippen molar-refractivity contribution < 1.29 is 4.74 Å². The van der Waals surface area contributed by atoms with E-state index in [1.54, 1.807) is 24.1 Å². The lowest BCUT2D eigenvalue weighted by molar-refractivity contribution is 0.540. The van der Waals surface area contributed by atoms with Crippen molar-refractivity contribution in [2.45, 2.75) is 26.2 Å². The minimum Gasteiger partial charge on any atom is -0.432 e. The van der Waals surface area contributed by atoms with E-state index in [2.05, 4.69) is 31.8 Å². The molecular weight excluding hydrogens is 296 g/mol. The monoisotopic (exact) mass is 316 g/mol. The molecule has 1 aromatic heterocycles. The Morgan fingerprint density at radius 2 is 1.86 bits per heavy atom. The van der Waals surface area contributed by atoms with Gasteiger partial charge in [0.1, 0.15) is 11.6 Å². The van der Waals surface area contributed by atoms with Gasteiger partial charge in [-0.05, 0) is 41.4 Å². The van der Waals surface area contributed by atoms with Gasteiger partial charge in [0.2, 0.25) is 5.56 Å². The van der Waals surface area contributed by atoms with Crippen LogP contribution in [0.4, 0.5) is 5.82 Å². The Hall–Kier alpha value is -2.14. The first-order valence-electron chi connectivity index (χ1n) is 7.03. The Balaban J connectivity index is 2.17. The van der Waals surface area contributed by atoms with Crippen LogP contribution in [0.1, 0.15) is 26.3 Å². The number of nitrogens with one attached hydrogen (secondary N) is 1. The molecule has 1 aromatic carbocycles.